The van der Waals surface area contributed by atoms with Crippen LogP contribution in [0.15, 0.2) is 59.2 Å². The molecule has 0 radical (unpaired) electrons. The van der Waals surface area contributed by atoms with Gasteiger partial charge in [-0.25, -0.2) is 0 Å². The van der Waals surface area contributed by atoms with Gasteiger partial charge in [0.1, 0.15) is 0 Å². The van der Waals surface area contributed by atoms with E-state index in [1.807, 2.05) is 0 Å². The molecule has 1 atom stereocenters. The molecule has 23 heavy (non-hydrogen) atoms. The van der Waals surface area contributed by atoms with E-state index in [0.717, 1.165) is 17.7 Å². The maximum atomic E-state index is 5.86. The van der Waals surface area contributed by atoms with Crippen molar-refractivity contribution >= 4 is 22.7 Å². The van der Waals surface area contributed by atoms with Crippen LogP contribution in [-0.2, 0) is 0 Å². The Hall–Kier alpha value is -1.47. The Bertz CT molecular complexity index is 673. The summed E-state index contributed by atoms with van der Waals surface area (Å²) in [5.74, 6) is 0.406. The Kier molecular flexibility index (Phi) is 5.27. The minimum atomic E-state index is 0.406. The number of hydrogen-bond acceptors (Lipinski definition) is 1. The van der Waals surface area contributed by atoms with E-state index in [-0.39, 0.29) is 0 Å². The van der Waals surface area contributed by atoms with E-state index >= 15 is 0 Å². The lowest BCUT2D eigenvalue weighted by molar-refractivity contribution is 0.795. The van der Waals surface area contributed by atoms with E-state index in [1.54, 1.807) is 0 Å². The van der Waals surface area contributed by atoms with Gasteiger partial charge in [-0.1, -0.05) is 81.4 Å². The number of unbranched alkanes of at least 4 members (excludes halogenated alkanes) is 2. The summed E-state index contributed by atoms with van der Waals surface area (Å²) in [7, 11) is 0. The van der Waals surface area contributed by atoms with Crippen LogP contribution in [0.2, 0.25) is 0 Å². The van der Waals surface area contributed by atoms with Crippen LogP contribution in [0.5, 0.6) is 0 Å². The molecule has 2 aliphatic carbocycles. The third-order valence-corrected chi connectivity index (χ3v) is 5.41. The molecule has 0 aliphatic heterocycles. The van der Waals surface area contributed by atoms with Gasteiger partial charge < -0.3 is 0 Å². The summed E-state index contributed by atoms with van der Waals surface area (Å²) >= 11 is 5.86. The van der Waals surface area contributed by atoms with Crippen LogP contribution in [0.1, 0.15) is 57.9 Å². The van der Waals surface area contributed by atoms with Crippen molar-refractivity contribution in [1.82, 2.24) is 0 Å². The Labute approximate surface area is 146 Å². The van der Waals surface area contributed by atoms with Gasteiger partial charge >= 0.3 is 0 Å². The fourth-order valence-electron chi connectivity index (χ4n) is 3.65. The molecule has 1 unspecified atom stereocenters. The highest BCUT2D eigenvalue weighted by Gasteiger charge is 2.35. The van der Waals surface area contributed by atoms with Crippen molar-refractivity contribution in [3.8, 4) is 0 Å². The van der Waals surface area contributed by atoms with Gasteiger partial charge in [0.25, 0.3) is 0 Å². The van der Waals surface area contributed by atoms with E-state index in [4.69, 9.17) is 12.2 Å². The minimum absolute atomic E-state index is 0.406. The van der Waals surface area contributed by atoms with Crippen LogP contribution in [0, 0.1) is 5.92 Å². The first kappa shape index (κ1) is 16.4. The van der Waals surface area contributed by atoms with Gasteiger partial charge in [0.2, 0.25) is 0 Å². The van der Waals surface area contributed by atoms with Crippen molar-refractivity contribution in [3.05, 3.63) is 64.8 Å². The Morgan fingerprint density at radius 1 is 0.957 bits per heavy atom. The SMILES string of the molecule is CCCCC1=CC2C(c3ccccc3)=CC(CCCC)=C2C1=S. The van der Waals surface area contributed by atoms with Crippen LogP contribution >= 0.6 is 12.2 Å². The predicted molar refractivity (Wildman–Crippen MR) is 105 cm³/mol. The lowest BCUT2D eigenvalue weighted by Gasteiger charge is -2.11. The van der Waals surface area contributed by atoms with Crippen molar-refractivity contribution < 1.29 is 0 Å². The van der Waals surface area contributed by atoms with E-state index < -0.39 is 0 Å². The second kappa shape index (κ2) is 7.40. The first-order valence-electron chi connectivity index (χ1n) is 9.01. The van der Waals surface area contributed by atoms with Crippen LogP contribution in [0.4, 0.5) is 0 Å². The Morgan fingerprint density at radius 3 is 2.35 bits per heavy atom. The molecule has 0 amide bonds. The van der Waals surface area contributed by atoms with E-state index in [1.165, 1.54) is 53.5 Å². The molecule has 0 saturated carbocycles. The first-order chi connectivity index (χ1) is 11.3. The molecule has 120 valence electrons. The highest BCUT2D eigenvalue weighted by Crippen LogP contribution is 2.47. The fourth-order valence-corrected chi connectivity index (χ4v) is 4.08. The third-order valence-electron chi connectivity index (χ3n) is 4.93. The van der Waals surface area contributed by atoms with Crippen molar-refractivity contribution in [2.24, 2.45) is 5.92 Å². The quantitative estimate of drug-likeness (QED) is 0.504. The molecule has 0 N–H and O–H groups in total. The second-order valence-electron chi connectivity index (χ2n) is 6.61. The largest absolute Gasteiger partial charge is 0.0795 e. The lowest BCUT2D eigenvalue weighted by atomic mass is 9.93. The number of hydrogen-bond donors (Lipinski definition) is 0. The molecular formula is C22H26S. The van der Waals surface area contributed by atoms with Crippen LogP contribution in [-0.4, -0.2) is 4.86 Å². The van der Waals surface area contributed by atoms with E-state index in [2.05, 4.69) is 56.3 Å². The zero-order chi connectivity index (χ0) is 16.2. The number of fused-ring (bicyclic) bond motifs is 1. The van der Waals surface area contributed by atoms with Gasteiger partial charge in [0, 0.05) is 10.8 Å². The summed E-state index contributed by atoms with van der Waals surface area (Å²) in [6.07, 6.45) is 12.1. The van der Waals surface area contributed by atoms with Gasteiger partial charge in [-0.15, -0.1) is 0 Å². The van der Waals surface area contributed by atoms with E-state index in [9.17, 15) is 0 Å². The Morgan fingerprint density at radius 2 is 1.65 bits per heavy atom. The average Bonchev–Trinajstić information content (AvgIpc) is 3.10. The topological polar surface area (TPSA) is 0 Å². The zero-order valence-electron chi connectivity index (χ0n) is 14.3. The molecule has 1 heteroatoms. The van der Waals surface area contributed by atoms with Gasteiger partial charge in [-0.3, -0.25) is 0 Å². The molecule has 3 rings (SSSR count). The number of benzene rings is 1. The summed E-state index contributed by atoms with van der Waals surface area (Å²) < 4.78 is 0. The molecule has 0 heterocycles. The van der Waals surface area contributed by atoms with Crippen molar-refractivity contribution in [2.75, 3.05) is 0 Å². The molecule has 1 aromatic rings. The Balaban J connectivity index is 1.95. The maximum Gasteiger partial charge on any atom is 0.0450 e. The number of rotatable bonds is 7. The lowest BCUT2D eigenvalue weighted by Crippen LogP contribution is -2.03. The molecule has 0 spiro atoms. The highest BCUT2D eigenvalue weighted by molar-refractivity contribution is 7.81. The molecule has 0 saturated heterocycles. The first-order valence-corrected chi connectivity index (χ1v) is 9.42. The van der Waals surface area contributed by atoms with Gasteiger partial charge in [0.05, 0.1) is 0 Å². The maximum absolute atomic E-state index is 5.86. The second-order valence-corrected chi connectivity index (χ2v) is 7.02. The third kappa shape index (κ3) is 3.26. The summed E-state index contributed by atoms with van der Waals surface area (Å²) in [5.41, 5.74) is 7.14. The molecular weight excluding hydrogens is 296 g/mol. The van der Waals surface area contributed by atoms with Crippen LogP contribution in [0.25, 0.3) is 5.57 Å². The van der Waals surface area contributed by atoms with Gasteiger partial charge in [-0.2, -0.15) is 0 Å². The average molecular weight is 323 g/mol. The van der Waals surface area contributed by atoms with Gasteiger partial charge in [-0.05, 0) is 53.5 Å². The molecule has 1 aromatic carbocycles. The number of allylic oxidation sites excluding steroid dienone is 6. The minimum Gasteiger partial charge on any atom is -0.0795 e. The molecule has 2 aliphatic rings. The predicted octanol–water partition coefficient (Wildman–Crippen LogP) is 6.69. The zero-order valence-corrected chi connectivity index (χ0v) is 15.1. The molecule has 0 fully saturated rings. The molecule has 0 nitrogen and oxygen atoms in total. The standard InChI is InChI=1S/C22H26S/c1-3-5-10-17-14-19(16-12-8-7-9-13-16)20-15-18(11-6-4-2)22(23)21(17)20/h7-9,12-15,20H,3-6,10-11H2,1-2H3. The molecule has 0 bridgehead atoms. The van der Waals surface area contributed by atoms with Gasteiger partial charge in [0.15, 0.2) is 0 Å². The smallest absolute Gasteiger partial charge is 0.0450 e. The highest BCUT2D eigenvalue weighted by atomic mass is 32.1. The monoisotopic (exact) mass is 322 g/mol. The van der Waals surface area contributed by atoms with Crippen molar-refractivity contribution in [3.63, 3.8) is 0 Å². The van der Waals surface area contributed by atoms with E-state index in [0.29, 0.717) is 5.92 Å². The van der Waals surface area contributed by atoms with Crippen LogP contribution in [0.3, 0.4) is 0 Å². The summed E-state index contributed by atoms with van der Waals surface area (Å²) in [6, 6.07) is 10.8. The van der Waals surface area contributed by atoms with Crippen molar-refractivity contribution in [2.45, 2.75) is 52.4 Å². The number of thiocarbonyl (C=S) groups is 1. The summed E-state index contributed by atoms with van der Waals surface area (Å²) in [4.78, 5) is 1.15. The summed E-state index contributed by atoms with van der Waals surface area (Å²) in [5, 5.41) is 0. The van der Waals surface area contributed by atoms with Crippen molar-refractivity contribution in [1.29, 1.82) is 0 Å². The molecule has 0 aromatic heterocycles. The summed E-state index contributed by atoms with van der Waals surface area (Å²) in [6.45, 7) is 4.51. The fraction of sp³-hybridized carbons (Fsp3) is 0.409. The van der Waals surface area contributed by atoms with Crippen LogP contribution < -0.4 is 0 Å². The normalized spacial score (nSPS) is 19.9.